The van der Waals surface area contributed by atoms with E-state index in [9.17, 15) is 14.4 Å². The van der Waals surface area contributed by atoms with Crippen molar-refractivity contribution < 1.29 is 23.9 Å². The Morgan fingerprint density at radius 3 is 2.25 bits per heavy atom. The number of ether oxygens (including phenoxy) is 2. The van der Waals surface area contributed by atoms with E-state index < -0.39 is 23.8 Å². The van der Waals surface area contributed by atoms with Gasteiger partial charge in [0.05, 0.1) is 19.6 Å². The smallest absolute Gasteiger partial charge is 0.356 e. The van der Waals surface area contributed by atoms with Crippen molar-refractivity contribution in [2.75, 3.05) is 13.7 Å². The summed E-state index contributed by atoms with van der Waals surface area (Å²) in [5.41, 5.74) is 2.95. The molecule has 9 heteroatoms. The van der Waals surface area contributed by atoms with E-state index in [-0.39, 0.29) is 29.2 Å². The number of hydrogen-bond acceptors (Lipinski definition) is 7. The van der Waals surface area contributed by atoms with E-state index >= 15 is 0 Å². The fourth-order valence-corrected chi connectivity index (χ4v) is 3.93. The monoisotopic (exact) mass is 509 g/mol. The molecular formula is C27H28ClN3O5. The lowest BCUT2D eigenvalue weighted by Gasteiger charge is -2.22. The highest BCUT2D eigenvalue weighted by Crippen LogP contribution is 2.21. The summed E-state index contributed by atoms with van der Waals surface area (Å²) >= 11 is 5.92. The fourth-order valence-electron chi connectivity index (χ4n) is 3.75. The van der Waals surface area contributed by atoms with E-state index in [1.165, 1.54) is 13.2 Å². The molecule has 8 nitrogen and oxygen atoms in total. The molecule has 0 saturated heterocycles. The van der Waals surface area contributed by atoms with Gasteiger partial charge in [-0.2, -0.15) is 0 Å². The van der Waals surface area contributed by atoms with Crippen molar-refractivity contribution in [1.82, 2.24) is 15.3 Å². The lowest BCUT2D eigenvalue weighted by Crippen LogP contribution is -2.39. The number of amides is 1. The highest BCUT2D eigenvalue weighted by Gasteiger charge is 2.24. The maximum absolute atomic E-state index is 13.0. The number of hydrogen-bond donors (Lipinski definition) is 1. The number of rotatable bonds is 10. The van der Waals surface area contributed by atoms with Crippen LogP contribution in [0.5, 0.6) is 0 Å². The van der Waals surface area contributed by atoms with Gasteiger partial charge < -0.3 is 14.8 Å². The number of nitrogens with one attached hydrogen (secondary N) is 1. The van der Waals surface area contributed by atoms with Gasteiger partial charge in [0.15, 0.2) is 5.69 Å². The molecule has 36 heavy (non-hydrogen) atoms. The van der Waals surface area contributed by atoms with Gasteiger partial charge in [0.1, 0.15) is 5.69 Å². The Kier molecular flexibility index (Phi) is 9.53. The first kappa shape index (κ1) is 26.8. The third kappa shape index (κ3) is 7.36. The minimum absolute atomic E-state index is 0.0800. The predicted octanol–water partition coefficient (Wildman–Crippen LogP) is 4.51. The van der Waals surface area contributed by atoms with Crippen molar-refractivity contribution >= 4 is 29.4 Å². The van der Waals surface area contributed by atoms with Gasteiger partial charge >= 0.3 is 11.9 Å². The Morgan fingerprint density at radius 2 is 1.61 bits per heavy atom. The van der Waals surface area contributed by atoms with Crippen LogP contribution in [0.25, 0.3) is 11.1 Å². The van der Waals surface area contributed by atoms with Crippen molar-refractivity contribution in [1.29, 1.82) is 0 Å². The lowest BCUT2D eigenvalue weighted by atomic mass is 9.94. The summed E-state index contributed by atoms with van der Waals surface area (Å²) in [7, 11) is 1.20. The Hall–Kier alpha value is -3.78. The highest BCUT2D eigenvalue weighted by molar-refractivity contribution is 6.28. The zero-order valence-corrected chi connectivity index (χ0v) is 21.1. The van der Waals surface area contributed by atoms with E-state index in [0.717, 1.165) is 16.7 Å². The van der Waals surface area contributed by atoms with Crippen LogP contribution in [-0.4, -0.2) is 47.6 Å². The number of methoxy groups -OCH3 is 1. The van der Waals surface area contributed by atoms with Crippen LogP contribution >= 0.6 is 11.6 Å². The van der Waals surface area contributed by atoms with Gasteiger partial charge in [-0.3, -0.25) is 9.59 Å². The topological polar surface area (TPSA) is 107 Å². The number of carbonyl (C=O) groups excluding carboxylic acids is 3. The summed E-state index contributed by atoms with van der Waals surface area (Å²) < 4.78 is 9.80. The van der Waals surface area contributed by atoms with E-state index in [0.29, 0.717) is 12.8 Å². The molecule has 1 amide bonds. The normalized spacial score (nSPS) is 12.3. The third-order valence-corrected chi connectivity index (χ3v) is 5.70. The number of esters is 2. The van der Waals surface area contributed by atoms with Crippen molar-refractivity contribution in [2.45, 2.75) is 32.7 Å². The van der Waals surface area contributed by atoms with Gasteiger partial charge in [-0.15, -0.1) is 0 Å². The van der Waals surface area contributed by atoms with E-state index in [2.05, 4.69) is 20.0 Å². The van der Waals surface area contributed by atoms with E-state index in [1.54, 1.807) is 13.8 Å². The van der Waals surface area contributed by atoms with Crippen LogP contribution in [0.4, 0.5) is 0 Å². The molecule has 0 spiro atoms. The van der Waals surface area contributed by atoms with Crippen LogP contribution in [0.15, 0.2) is 60.7 Å². The molecule has 0 radical (unpaired) electrons. The standard InChI is InChI=1S/C27H28ClN3O5/c1-4-36-25(33)17(2)14-21(15-18-10-12-20(13-11-18)19-8-6-5-7-9-19)29-24(32)22-16-23(26(34)35-3)31-27(28)30-22/h5-13,16-17,21H,4,14-15H2,1-3H3,(H,29,32)/t17-,21+/m1/s1. The summed E-state index contributed by atoms with van der Waals surface area (Å²) in [4.78, 5) is 44.9. The van der Waals surface area contributed by atoms with Gasteiger partial charge in [0.25, 0.3) is 5.91 Å². The average molecular weight is 510 g/mol. The van der Waals surface area contributed by atoms with Crippen molar-refractivity contribution in [3.63, 3.8) is 0 Å². The van der Waals surface area contributed by atoms with Crippen LogP contribution in [0, 0.1) is 5.92 Å². The molecule has 0 aliphatic rings. The molecule has 1 heterocycles. The lowest BCUT2D eigenvalue weighted by molar-refractivity contribution is -0.147. The Morgan fingerprint density at radius 1 is 0.972 bits per heavy atom. The van der Waals surface area contributed by atoms with Crippen LogP contribution in [0.3, 0.4) is 0 Å². The molecule has 3 aromatic rings. The summed E-state index contributed by atoms with van der Waals surface area (Å²) in [6.07, 6.45) is 0.806. The third-order valence-electron chi connectivity index (χ3n) is 5.53. The molecule has 0 fully saturated rings. The first-order valence-electron chi connectivity index (χ1n) is 11.6. The number of halogens is 1. The summed E-state index contributed by atoms with van der Waals surface area (Å²) in [6, 6.07) is 18.8. The molecule has 3 rings (SSSR count). The second kappa shape index (κ2) is 12.8. The Bertz CT molecular complexity index is 1200. The summed E-state index contributed by atoms with van der Waals surface area (Å²) in [5, 5.41) is 2.67. The first-order valence-corrected chi connectivity index (χ1v) is 11.9. The Labute approximate surface area is 215 Å². The van der Waals surface area contributed by atoms with Crippen LogP contribution < -0.4 is 5.32 Å². The van der Waals surface area contributed by atoms with Gasteiger partial charge in [-0.05, 0) is 48.1 Å². The SMILES string of the molecule is CCOC(=O)[C@H](C)C[C@@H](Cc1ccc(-c2ccccc2)cc1)NC(=O)c1cc(C(=O)OC)nc(Cl)n1. The zero-order chi connectivity index (χ0) is 26.1. The minimum atomic E-state index is -0.737. The Balaban J connectivity index is 1.81. The molecular weight excluding hydrogens is 482 g/mol. The van der Waals surface area contributed by atoms with E-state index in [4.69, 9.17) is 16.3 Å². The molecule has 188 valence electrons. The van der Waals surface area contributed by atoms with E-state index in [1.807, 2.05) is 54.6 Å². The molecule has 0 saturated carbocycles. The summed E-state index contributed by atoms with van der Waals surface area (Å²) in [6.45, 7) is 3.78. The van der Waals surface area contributed by atoms with Gasteiger partial charge in [-0.25, -0.2) is 14.8 Å². The first-order chi connectivity index (χ1) is 17.3. The van der Waals surface area contributed by atoms with Gasteiger partial charge in [-0.1, -0.05) is 61.5 Å². The second-order valence-corrected chi connectivity index (χ2v) is 8.56. The van der Waals surface area contributed by atoms with Crippen LogP contribution in [0.2, 0.25) is 5.28 Å². The number of nitrogens with zero attached hydrogens (tertiary/aromatic N) is 2. The molecule has 0 bridgehead atoms. The molecule has 1 aromatic heterocycles. The number of carbonyl (C=O) groups is 3. The molecule has 1 N–H and O–H groups in total. The maximum atomic E-state index is 13.0. The quantitative estimate of drug-likeness (QED) is 0.316. The molecule has 0 aliphatic carbocycles. The van der Waals surface area contributed by atoms with Gasteiger partial charge in [0.2, 0.25) is 5.28 Å². The zero-order valence-electron chi connectivity index (χ0n) is 20.4. The van der Waals surface area contributed by atoms with Crippen molar-refractivity contribution in [2.24, 2.45) is 5.92 Å². The fraction of sp³-hybridized carbons (Fsp3) is 0.296. The van der Waals surface area contributed by atoms with Crippen molar-refractivity contribution in [3.8, 4) is 11.1 Å². The largest absolute Gasteiger partial charge is 0.466 e. The number of benzene rings is 2. The minimum Gasteiger partial charge on any atom is -0.466 e. The highest BCUT2D eigenvalue weighted by atomic mass is 35.5. The second-order valence-electron chi connectivity index (χ2n) is 8.23. The predicted molar refractivity (Wildman–Crippen MR) is 136 cm³/mol. The van der Waals surface area contributed by atoms with Gasteiger partial charge in [0, 0.05) is 12.1 Å². The average Bonchev–Trinajstić information content (AvgIpc) is 2.88. The molecule has 2 aromatic carbocycles. The van der Waals surface area contributed by atoms with Crippen LogP contribution in [-0.2, 0) is 20.7 Å². The number of aromatic nitrogens is 2. The molecule has 2 atom stereocenters. The van der Waals surface area contributed by atoms with Crippen molar-refractivity contribution in [3.05, 3.63) is 82.9 Å². The maximum Gasteiger partial charge on any atom is 0.356 e. The molecule has 0 aliphatic heterocycles. The summed E-state index contributed by atoms with van der Waals surface area (Å²) in [5.74, 6) is -2.07. The van der Waals surface area contributed by atoms with Crippen LogP contribution in [0.1, 0.15) is 46.8 Å². The molecule has 0 unspecified atom stereocenters.